The largest absolute Gasteiger partial charge is 0.399 e. The minimum atomic E-state index is -3.54. The third-order valence-corrected chi connectivity index (χ3v) is 5.21. The molecule has 0 aliphatic carbocycles. The maximum absolute atomic E-state index is 12.3. The van der Waals surface area contributed by atoms with Gasteiger partial charge in [0.15, 0.2) is 0 Å². The molecule has 1 aromatic rings. The summed E-state index contributed by atoms with van der Waals surface area (Å²) >= 11 is 3.23. The number of nitrogens with one attached hydrogen (secondary N) is 1. The van der Waals surface area contributed by atoms with Crippen LogP contribution in [-0.2, 0) is 10.0 Å². The number of hydrogen-bond donors (Lipinski definition) is 2. The molecule has 0 saturated heterocycles. The molecule has 3 N–H and O–H groups in total. The smallest absolute Gasteiger partial charge is 0.242 e. The molecule has 0 aliphatic heterocycles. The van der Waals surface area contributed by atoms with E-state index < -0.39 is 15.6 Å². The second-order valence-corrected chi connectivity index (χ2v) is 7.43. The van der Waals surface area contributed by atoms with Crippen molar-refractivity contribution in [1.82, 2.24) is 4.72 Å². The minimum Gasteiger partial charge on any atom is -0.399 e. The maximum atomic E-state index is 12.3. The maximum Gasteiger partial charge on any atom is 0.242 e. The molecule has 0 amide bonds. The summed E-state index contributed by atoms with van der Waals surface area (Å²) in [7, 11) is -3.54. The number of anilines is 1. The summed E-state index contributed by atoms with van der Waals surface area (Å²) in [6.07, 6.45) is 1.69. The normalized spacial score (nSPS) is 12.7. The fraction of sp³-hybridized carbons (Fsp3) is 0.500. The first kappa shape index (κ1) is 15.5. The summed E-state index contributed by atoms with van der Waals surface area (Å²) < 4.78 is 27.7. The summed E-state index contributed by atoms with van der Waals surface area (Å²) in [5.74, 6) is 0. The molecular formula is C12H19BrN2O2S. The van der Waals surface area contributed by atoms with Gasteiger partial charge in [0.1, 0.15) is 0 Å². The standard InChI is InChI=1S/C12H19BrN2O2S/c1-4-7-12(2,3)15-18(16,17)11-6-5-9(14)8-10(11)13/h5-6,8,15H,4,7,14H2,1-3H3. The van der Waals surface area contributed by atoms with Crippen LogP contribution in [-0.4, -0.2) is 14.0 Å². The SMILES string of the molecule is CCCC(C)(C)NS(=O)(=O)c1ccc(N)cc1Br. The van der Waals surface area contributed by atoms with Gasteiger partial charge in [-0.1, -0.05) is 13.3 Å². The average molecular weight is 335 g/mol. The third-order valence-electron chi connectivity index (χ3n) is 2.53. The lowest BCUT2D eigenvalue weighted by Crippen LogP contribution is -2.43. The molecule has 0 bridgehead atoms. The molecule has 0 radical (unpaired) electrons. The topological polar surface area (TPSA) is 72.2 Å². The van der Waals surface area contributed by atoms with Crippen LogP contribution in [0.3, 0.4) is 0 Å². The molecule has 0 spiro atoms. The van der Waals surface area contributed by atoms with E-state index >= 15 is 0 Å². The molecule has 0 aromatic heterocycles. The Labute approximate surface area is 117 Å². The van der Waals surface area contributed by atoms with Crippen molar-refractivity contribution in [3.05, 3.63) is 22.7 Å². The Morgan fingerprint density at radius 2 is 2.00 bits per heavy atom. The number of hydrogen-bond acceptors (Lipinski definition) is 3. The highest BCUT2D eigenvalue weighted by Gasteiger charge is 2.26. The summed E-state index contributed by atoms with van der Waals surface area (Å²) in [5.41, 5.74) is 5.66. The molecule has 1 aromatic carbocycles. The first-order valence-corrected chi connectivity index (χ1v) is 8.04. The van der Waals surface area contributed by atoms with Gasteiger partial charge in [0.25, 0.3) is 0 Å². The summed E-state index contributed by atoms with van der Waals surface area (Å²) in [6.45, 7) is 5.77. The van der Waals surface area contributed by atoms with Gasteiger partial charge in [-0.25, -0.2) is 13.1 Å². The Hall–Kier alpha value is -0.590. The second kappa shape index (κ2) is 5.59. The molecular weight excluding hydrogens is 316 g/mol. The van der Waals surface area contributed by atoms with Gasteiger partial charge in [-0.2, -0.15) is 0 Å². The van der Waals surface area contributed by atoms with Crippen LogP contribution in [0.1, 0.15) is 33.6 Å². The van der Waals surface area contributed by atoms with Crippen LogP contribution in [0.15, 0.2) is 27.6 Å². The van der Waals surface area contributed by atoms with Crippen molar-refractivity contribution in [2.24, 2.45) is 0 Å². The Balaban J connectivity index is 3.07. The van der Waals surface area contributed by atoms with Gasteiger partial charge in [-0.15, -0.1) is 0 Å². The molecule has 6 heteroatoms. The van der Waals surface area contributed by atoms with Crippen molar-refractivity contribution in [1.29, 1.82) is 0 Å². The summed E-state index contributed by atoms with van der Waals surface area (Å²) in [5, 5.41) is 0. The molecule has 18 heavy (non-hydrogen) atoms. The van der Waals surface area contributed by atoms with Gasteiger partial charge >= 0.3 is 0 Å². The number of nitrogens with two attached hydrogens (primary N) is 1. The fourth-order valence-electron chi connectivity index (χ4n) is 1.83. The summed E-state index contributed by atoms with van der Waals surface area (Å²) in [6, 6.07) is 4.66. The van der Waals surface area contributed by atoms with Crippen LogP contribution in [0.5, 0.6) is 0 Å². The molecule has 102 valence electrons. The first-order chi connectivity index (χ1) is 8.18. The number of benzene rings is 1. The van der Waals surface area contributed by atoms with E-state index in [0.717, 1.165) is 12.8 Å². The molecule has 1 rings (SSSR count). The summed E-state index contributed by atoms with van der Waals surface area (Å²) in [4.78, 5) is 0.209. The molecule has 0 fully saturated rings. The van der Waals surface area contributed by atoms with E-state index in [4.69, 9.17) is 5.73 Å². The van der Waals surface area contributed by atoms with Crippen molar-refractivity contribution in [3.8, 4) is 0 Å². The number of sulfonamides is 1. The van der Waals surface area contributed by atoms with Crippen LogP contribution in [0.4, 0.5) is 5.69 Å². The third kappa shape index (κ3) is 3.96. The van der Waals surface area contributed by atoms with Crippen LogP contribution < -0.4 is 10.5 Å². The highest BCUT2D eigenvalue weighted by Crippen LogP contribution is 2.26. The van der Waals surface area contributed by atoms with Crippen LogP contribution in [0.2, 0.25) is 0 Å². The Kier molecular flexibility index (Phi) is 4.80. The van der Waals surface area contributed by atoms with Gasteiger partial charge in [0.2, 0.25) is 10.0 Å². The van der Waals surface area contributed by atoms with Crippen molar-refractivity contribution in [2.45, 2.75) is 44.0 Å². The van der Waals surface area contributed by atoms with E-state index in [-0.39, 0.29) is 4.90 Å². The van der Waals surface area contributed by atoms with Gasteiger partial charge < -0.3 is 5.73 Å². The quantitative estimate of drug-likeness (QED) is 0.813. The average Bonchev–Trinajstić information content (AvgIpc) is 2.14. The zero-order valence-corrected chi connectivity index (χ0v) is 13.2. The molecule has 4 nitrogen and oxygen atoms in total. The predicted molar refractivity (Wildman–Crippen MR) is 77.9 cm³/mol. The molecule has 0 heterocycles. The zero-order chi connectivity index (χ0) is 14.0. The van der Waals surface area contributed by atoms with Crippen LogP contribution in [0.25, 0.3) is 0 Å². The first-order valence-electron chi connectivity index (χ1n) is 5.77. The fourth-order valence-corrected chi connectivity index (χ4v) is 4.37. The van der Waals surface area contributed by atoms with Gasteiger partial charge in [0, 0.05) is 15.7 Å². The lowest BCUT2D eigenvalue weighted by atomic mass is 10.0. The van der Waals surface area contributed by atoms with Crippen molar-refractivity contribution >= 4 is 31.6 Å². The van der Waals surface area contributed by atoms with Gasteiger partial charge in [-0.3, -0.25) is 0 Å². The van der Waals surface area contributed by atoms with E-state index in [1.54, 1.807) is 12.1 Å². The highest BCUT2D eigenvalue weighted by molar-refractivity contribution is 9.10. The Morgan fingerprint density at radius 1 is 1.39 bits per heavy atom. The molecule has 0 atom stereocenters. The van der Waals surface area contributed by atoms with E-state index in [0.29, 0.717) is 10.2 Å². The molecule has 0 saturated carbocycles. The van der Waals surface area contributed by atoms with E-state index in [2.05, 4.69) is 20.7 Å². The Bertz CT molecular complexity index is 527. The zero-order valence-electron chi connectivity index (χ0n) is 10.8. The molecule has 0 unspecified atom stereocenters. The van der Waals surface area contributed by atoms with Crippen molar-refractivity contribution in [2.75, 3.05) is 5.73 Å². The van der Waals surface area contributed by atoms with Crippen LogP contribution >= 0.6 is 15.9 Å². The minimum absolute atomic E-state index is 0.209. The van der Waals surface area contributed by atoms with Gasteiger partial charge in [0.05, 0.1) is 4.90 Å². The number of halogens is 1. The van der Waals surface area contributed by atoms with Gasteiger partial charge in [-0.05, 0) is 54.4 Å². The number of rotatable bonds is 5. The monoisotopic (exact) mass is 334 g/mol. The van der Waals surface area contributed by atoms with E-state index in [1.807, 2.05) is 20.8 Å². The number of nitrogen functional groups attached to an aromatic ring is 1. The van der Waals surface area contributed by atoms with Crippen molar-refractivity contribution in [3.63, 3.8) is 0 Å². The second-order valence-electron chi connectivity index (χ2n) is 4.93. The Morgan fingerprint density at radius 3 is 2.50 bits per heavy atom. The molecule has 0 aliphatic rings. The predicted octanol–water partition coefficient (Wildman–Crippen LogP) is 2.89. The highest BCUT2D eigenvalue weighted by atomic mass is 79.9. The van der Waals surface area contributed by atoms with Crippen LogP contribution in [0, 0.1) is 0 Å². The van der Waals surface area contributed by atoms with Crippen molar-refractivity contribution < 1.29 is 8.42 Å². The van der Waals surface area contributed by atoms with E-state index in [9.17, 15) is 8.42 Å². The lowest BCUT2D eigenvalue weighted by molar-refractivity contribution is 0.417. The van der Waals surface area contributed by atoms with E-state index in [1.165, 1.54) is 6.07 Å². The lowest BCUT2D eigenvalue weighted by Gasteiger charge is -2.25.